The summed E-state index contributed by atoms with van der Waals surface area (Å²) in [6, 6.07) is 27.0. The van der Waals surface area contributed by atoms with E-state index in [1.165, 1.54) is 0 Å². The molecule has 0 radical (unpaired) electrons. The Morgan fingerprint density at radius 3 is 1.82 bits per heavy atom. The molecule has 2 aromatic rings. The molecule has 1 fully saturated rings. The van der Waals surface area contributed by atoms with Crippen molar-refractivity contribution in [3.63, 3.8) is 0 Å². The van der Waals surface area contributed by atoms with Gasteiger partial charge in [0.25, 0.3) is 0 Å². The Morgan fingerprint density at radius 1 is 0.818 bits per heavy atom. The number of nitriles is 4. The molecule has 0 bridgehead atoms. The summed E-state index contributed by atoms with van der Waals surface area (Å²) in [6.07, 6.45) is 2.09. The van der Waals surface area contributed by atoms with E-state index in [1.807, 2.05) is 43.3 Å². The number of benzene rings is 2. The molecule has 6 nitrogen and oxygen atoms in total. The summed E-state index contributed by atoms with van der Waals surface area (Å²) >= 11 is 0. The van der Waals surface area contributed by atoms with Gasteiger partial charge >= 0.3 is 0 Å². The molecule has 2 aromatic carbocycles. The molecule has 0 saturated carbocycles. The minimum atomic E-state index is -1.98. The Labute approximate surface area is 193 Å². The maximum Gasteiger partial charge on any atom is 0.207 e. The molecule has 6 heteroatoms. The second kappa shape index (κ2) is 8.11. The third-order valence-electron chi connectivity index (χ3n) is 7.04. The Hall–Kier alpha value is -4.10. The maximum absolute atomic E-state index is 10.5. The van der Waals surface area contributed by atoms with Crippen LogP contribution in [0.1, 0.15) is 36.3 Å². The zero-order chi connectivity index (χ0) is 23.7. The predicted octanol–water partition coefficient (Wildman–Crippen LogP) is 4.92. The lowest BCUT2D eigenvalue weighted by molar-refractivity contribution is -0.226. The Kier molecular flexibility index (Phi) is 5.43. The van der Waals surface area contributed by atoms with Gasteiger partial charge in [0.2, 0.25) is 5.79 Å². The number of ether oxygens (including phenoxy) is 2. The van der Waals surface area contributed by atoms with Crippen LogP contribution in [0.5, 0.6) is 0 Å². The fourth-order valence-corrected chi connectivity index (χ4v) is 5.33. The van der Waals surface area contributed by atoms with Crippen molar-refractivity contribution in [2.75, 3.05) is 7.11 Å². The van der Waals surface area contributed by atoms with Crippen molar-refractivity contribution < 1.29 is 9.47 Å². The highest BCUT2D eigenvalue weighted by molar-refractivity contribution is 5.51. The van der Waals surface area contributed by atoms with Crippen LogP contribution >= 0.6 is 0 Å². The summed E-state index contributed by atoms with van der Waals surface area (Å²) < 4.78 is 12.0. The molecule has 0 unspecified atom stereocenters. The van der Waals surface area contributed by atoms with Crippen LogP contribution in [0.4, 0.5) is 0 Å². The summed E-state index contributed by atoms with van der Waals surface area (Å²) in [5.41, 5.74) is -2.37. The number of methoxy groups -OCH3 is 1. The van der Waals surface area contributed by atoms with Crippen LogP contribution in [0.25, 0.3) is 0 Å². The van der Waals surface area contributed by atoms with Gasteiger partial charge in [0, 0.05) is 32.3 Å². The van der Waals surface area contributed by atoms with Gasteiger partial charge in [-0.2, -0.15) is 21.0 Å². The van der Waals surface area contributed by atoms with Gasteiger partial charge in [0.15, 0.2) is 10.8 Å². The highest BCUT2D eigenvalue weighted by atomic mass is 16.7. The van der Waals surface area contributed by atoms with Gasteiger partial charge in [0.05, 0.1) is 30.2 Å². The van der Waals surface area contributed by atoms with E-state index in [0.29, 0.717) is 17.7 Å². The van der Waals surface area contributed by atoms with Crippen molar-refractivity contribution in [1.29, 1.82) is 21.0 Å². The van der Waals surface area contributed by atoms with Crippen LogP contribution in [-0.2, 0) is 9.47 Å². The average molecular weight is 434 g/mol. The maximum atomic E-state index is 10.5. The summed E-state index contributed by atoms with van der Waals surface area (Å²) in [5.74, 6) is -2.64. The zero-order valence-electron chi connectivity index (χ0n) is 18.4. The molecule has 0 spiro atoms. The fourth-order valence-electron chi connectivity index (χ4n) is 5.33. The topological polar surface area (TPSA) is 114 Å². The van der Waals surface area contributed by atoms with E-state index >= 15 is 0 Å². The standard InChI is InChI=1S/C27H22N4O2/c1-25(32-2)14-21(19-9-5-3-6-10-19)24-23(33-25)13-22(20-11-7-4-8-12-20)26(15-28,16-29)27(24,17-30)18-31/h3-13,21-22,24H,14H2,1-2H3/t21-,22-,24-,25+/m0/s1. The number of allylic oxidation sites excluding steroid dienone is 2. The Balaban J connectivity index is 2.07. The molecule has 1 heterocycles. The zero-order valence-corrected chi connectivity index (χ0v) is 18.4. The molecule has 1 saturated heterocycles. The quantitative estimate of drug-likeness (QED) is 0.677. The Morgan fingerprint density at radius 2 is 1.33 bits per heavy atom. The number of rotatable bonds is 3. The lowest BCUT2D eigenvalue weighted by Crippen LogP contribution is -2.56. The van der Waals surface area contributed by atoms with Crippen molar-refractivity contribution in [2.24, 2.45) is 16.7 Å². The van der Waals surface area contributed by atoms with Gasteiger partial charge in [-0.05, 0) is 17.2 Å². The van der Waals surface area contributed by atoms with Crippen LogP contribution in [0.3, 0.4) is 0 Å². The molecule has 1 aliphatic heterocycles. The third kappa shape index (κ3) is 3.08. The van der Waals surface area contributed by atoms with Crippen LogP contribution in [-0.4, -0.2) is 12.9 Å². The third-order valence-corrected chi connectivity index (χ3v) is 7.04. The normalized spacial score (nSPS) is 28.9. The minimum absolute atomic E-state index is 0.351. The van der Waals surface area contributed by atoms with E-state index < -0.39 is 28.5 Å². The largest absolute Gasteiger partial charge is 0.467 e. The molecule has 162 valence electrons. The highest BCUT2D eigenvalue weighted by Crippen LogP contribution is 2.64. The summed E-state index contributed by atoms with van der Waals surface area (Å²) in [7, 11) is 1.55. The highest BCUT2D eigenvalue weighted by Gasteiger charge is 2.69. The van der Waals surface area contributed by atoms with E-state index in [-0.39, 0.29) is 5.92 Å². The van der Waals surface area contributed by atoms with Crippen LogP contribution in [0, 0.1) is 62.1 Å². The average Bonchev–Trinajstić information content (AvgIpc) is 2.88. The number of hydrogen-bond donors (Lipinski definition) is 0. The first kappa shape index (κ1) is 22.1. The molecule has 2 aliphatic rings. The molecular weight excluding hydrogens is 412 g/mol. The van der Waals surface area contributed by atoms with Crippen molar-refractivity contribution in [3.05, 3.63) is 83.6 Å². The first-order valence-electron chi connectivity index (χ1n) is 10.6. The predicted molar refractivity (Wildman–Crippen MR) is 118 cm³/mol. The van der Waals surface area contributed by atoms with Crippen molar-refractivity contribution in [3.8, 4) is 24.3 Å². The lowest BCUT2D eigenvalue weighted by Gasteiger charge is -2.53. The van der Waals surface area contributed by atoms with Crippen LogP contribution in [0.15, 0.2) is 72.5 Å². The van der Waals surface area contributed by atoms with Crippen molar-refractivity contribution in [2.45, 2.75) is 31.0 Å². The lowest BCUT2D eigenvalue weighted by atomic mass is 9.47. The molecule has 1 aliphatic carbocycles. The summed E-state index contributed by atoms with van der Waals surface area (Å²) in [4.78, 5) is 0. The molecule has 0 amide bonds. The first-order valence-corrected chi connectivity index (χ1v) is 10.6. The molecule has 0 N–H and O–H groups in total. The molecule has 4 rings (SSSR count). The van der Waals surface area contributed by atoms with E-state index in [4.69, 9.17) is 9.47 Å². The SMILES string of the molecule is CO[C@@]1(C)C[C@@H](c2ccccc2)[C@H]2C(=C[C@@H](c3ccccc3)C(C#N)(C#N)C2(C#N)C#N)O1. The summed E-state index contributed by atoms with van der Waals surface area (Å²) in [6.45, 7) is 1.81. The van der Waals surface area contributed by atoms with Crippen LogP contribution < -0.4 is 0 Å². The van der Waals surface area contributed by atoms with E-state index in [9.17, 15) is 21.0 Å². The molecular formula is C27H22N4O2. The van der Waals surface area contributed by atoms with Gasteiger partial charge in [-0.3, -0.25) is 0 Å². The Bertz CT molecular complexity index is 1220. The molecule has 4 atom stereocenters. The number of hydrogen-bond acceptors (Lipinski definition) is 6. The second-order valence-corrected chi connectivity index (χ2v) is 8.66. The van der Waals surface area contributed by atoms with Gasteiger partial charge in [-0.25, -0.2) is 0 Å². The summed E-state index contributed by atoms with van der Waals surface area (Å²) in [5, 5.41) is 41.8. The van der Waals surface area contributed by atoms with E-state index in [0.717, 1.165) is 5.56 Å². The molecule has 33 heavy (non-hydrogen) atoms. The van der Waals surface area contributed by atoms with Crippen molar-refractivity contribution >= 4 is 0 Å². The van der Waals surface area contributed by atoms with E-state index in [1.54, 1.807) is 37.5 Å². The van der Waals surface area contributed by atoms with Gasteiger partial charge in [-0.1, -0.05) is 60.7 Å². The van der Waals surface area contributed by atoms with Crippen molar-refractivity contribution in [1.82, 2.24) is 0 Å². The second-order valence-electron chi connectivity index (χ2n) is 8.66. The minimum Gasteiger partial charge on any atom is -0.467 e. The van der Waals surface area contributed by atoms with Gasteiger partial charge < -0.3 is 9.47 Å². The first-order chi connectivity index (χ1) is 15.9. The van der Waals surface area contributed by atoms with Crippen LogP contribution in [0.2, 0.25) is 0 Å². The van der Waals surface area contributed by atoms with Gasteiger partial charge in [0.1, 0.15) is 5.76 Å². The van der Waals surface area contributed by atoms with Gasteiger partial charge in [-0.15, -0.1) is 0 Å². The number of fused-ring (bicyclic) bond motifs is 1. The number of nitrogens with zero attached hydrogens (tertiary/aromatic N) is 4. The fraction of sp³-hybridized carbons (Fsp3) is 0.333. The smallest absolute Gasteiger partial charge is 0.207 e. The molecule has 0 aromatic heterocycles. The van der Waals surface area contributed by atoms with E-state index in [2.05, 4.69) is 24.3 Å². The monoisotopic (exact) mass is 434 g/mol.